The van der Waals surface area contributed by atoms with Crippen molar-refractivity contribution in [2.75, 3.05) is 20.7 Å². The van der Waals surface area contributed by atoms with Gasteiger partial charge >= 0.3 is 0 Å². The second-order valence-electron chi connectivity index (χ2n) is 8.61. The van der Waals surface area contributed by atoms with Crippen LogP contribution < -0.4 is 10.1 Å². The van der Waals surface area contributed by atoms with Crippen molar-refractivity contribution in [2.24, 2.45) is 0 Å². The monoisotopic (exact) mass is 471 g/mol. The molecule has 1 heterocycles. The average molecular weight is 472 g/mol. The van der Waals surface area contributed by atoms with E-state index in [-0.39, 0.29) is 24.3 Å². The van der Waals surface area contributed by atoms with Gasteiger partial charge in [-0.15, -0.1) is 0 Å². The van der Waals surface area contributed by atoms with Gasteiger partial charge in [-0.05, 0) is 54.5 Å². The van der Waals surface area contributed by atoms with E-state index >= 15 is 0 Å². The van der Waals surface area contributed by atoms with Gasteiger partial charge < -0.3 is 15.0 Å². The Morgan fingerprint density at radius 1 is 0.914 bits per heavy atom. The van der Waals surface area contributed by atoms with Crippen LogP contribution in [-0.2, 0) is 19.6 Å². The highest BCUT2D eigenvalue weighted by Gasteiger charge is 2.35. The van der Waals surface area contributed by atoms with E-state index in [0.29, 0.717) is 34.5 Å². The third kappa shape index (κ3) is 5.25. The fourth-order valence-electron chi connectivity index (χ4n) is 4.14. The molecular formula is C28H29N3O4. The summed E-state index contributed by atoms with van der Waals surface area (Å²) in [6.45, 7) is 4.35. The molecule has 7 heteroatoms. The van der Waals surface area contributed by atoms with Crippen molar-refractivity contribution in [3.05, 3.63) is 100 Å². The van der Waals surface area contributed by atoms with Gasteiger partial charge in [0.05, 0.1) is 30.3 Å². The summed E-state index contributed by atoms with van der Waals surface area (Å²) in [7, 11) is 3.57. The van der Waals surface area contributed by atoms with Gasteiger partial charge in [-0.25, -0.2) is 0 Å². The number of imide groups is 1. The van der Waals surface area contributed by atoms with Gasteiger partial charge in [-0.1, -0.05) is 49.4 Å². The number of hydrogen-bond acceptors (Lipinski definition) is 5. The third-order valence-electron chi connectivity index (χ3n) is 6.16. The summed E-state index contributed by atoms with van der Waals surface area (Å²) in [6, 6.07) is 20.0. The smallest absolute Gasteiger partial charge is 0.261 e. The Labute approximate surface area is 205 Å². The minimum Gasteiger partial charge on any atom is -0.496 e. The van der Waals surface area contributed by atoms with E-state index in [1.807, 2.05) is 12.1 Å². The molecule has 0 fully saturated rings. The molecule has 0 radical (unpaired) electrons. The first kappa shape index (κ1) is 24.2. The standard InChI is InChI=1S/C28H29N3O4/c1-4-30(2)17-20-9-7-8-19(14-20)16-29-26(32)24-15-21(12-13-25(24)35-3)18-31-27(33)22-10-5-6-11-23(22)28(31)34/h5-15H,4,16-18H2,1-3H3,(H,29,32). The zero-order valence-corrected chi connectivity index (χ0v) is 20.2. The Hall–Kier alpha value is -3.97. The largest absolute Gasteiger partial charge is 0.496 e. The maximum absolute atomic E-state index is 13.1. The number of fused-ring (bicyclic) bond motifs is 1. The molecule has 1 aliphatic rings. The van der Waals surface area contributed by atoms with Crippen molar-refractivity contribution < 1.29 is 19.1 Å². The maximum atomic E-state index is 13.1. The van der Waals surface area contributed by atoms with Gasteiger partial charge in [0, 0.05) is 13.1 Å². The number of nitrogens with one attached hydrogen (secondary N) is 1. The number of hydrogen-bond donors (Lipinski definition) is 1. The van der Waals surface area contributed by atoms with Gasteiger partial charge in [0.15, 0.2) is 0 Å². The predicted molar refractivity (Wildman–Crippen MR) is 133 cm³/mol. The maximum Gasteiger partial charge on any atom is 0.261 e. The molecule has 3 aromatic rings. The second-order valence-corrected chi connectivity index (χ2v) is 8.61. The van der Waals surface area contributed by atoms with E-state index in [4.69, 9.17) is 4.74 Å². The highest BCUT2D eigenvalue weighted by Crippen LogP contribution is 2.26. The first-order chi connectivity index (χ1) is 16.9. The molecule has 1 N–H and O–H groups in total. The molecule has 180 valence electrons. The van der Waals surface area contributed by atoms with Crippen LogP contribution in [0.15, 0.2) is 66.7 Å². The fourth-order valence-corrected chi connectivity index (χ4v) is 4.14. The van der Waals surface area contributed by atoms with Crippen molar-refractivity contribution in [3.63, 3.8) is 0 Å². The Morgan fingerprint density at radius 2 is 1.60 bits per heavy atom. The number of carbonyl (C=O) groups is 3. The van der Waals surface area contributed by atoms with E-state index in [1.54, 1.807) is 42.5 Å². The number of nitrogens with zero attached hydrogens (tertiary/aromatic N) is 2. The molecule has 3 aromatic carbocycles. The first-order valence-electron chi connectivity index (χ1n) is 11.6. The SMILES string of the molecule is CCN(C)Cc1cccc(CNC(=O)c2cc(CN3C(=O)c4ccccc4C3=O)ccc2OC)c1. The van der Waals surface area contributed by atoms with E-state index in [0.717, 1.165) is 18.7 Å². The third-order valence-corrected chi connectivity index (χ3v) is 6.16. The molecule has 3 amide bonds. The number of ether oxygens (including phenoxy) is 1. The van der Waals surface area contributed by atoms with Gasteiger partial charge in [0.2, 0.25) is 0 Å². The fraction of sp³-hybridized carbons (Fsp3) is 0.250. The summed E-state index contributed by atoms with van der Waals surface area (Å²) >= 11 is 0. The van der Waals surface area contributed by atoms with Crippen LogP contribution in [0, 0.1) is 0 Å². The van der Waals surface area contributed by atoms with Crippen LogP contribution in [0.1, 0.15) is 54.7 Å². The van der Waals surface area contributed by atoms with Crippen molar-refractivity contribution in [3.8, 4) is 5.75 Å². The van der Waals surface area contributed by atoms with Crippen LogP contribution in [0.3, 0.4) is 0 Å². The van der Waals surface area contributed by atoms with Crippen LogP contribution in [-0.4, -0.2) is 48.2 Å². The molecule has 0 spiro atoms. The number of rotatable bonds is 9. The second kappa shape index (κ2) is 10.5. The number of amides is 3. The van der Waals surface area contributed by atoms with Gasteiger partial charge in [-0.2, -0.15) is 0 Å². The van der Waals surface area contributed by atoms with Crippen molar-refractivity contribution in [2.45, 2.75) is 26.6 Å². The van der Waals surface area contributed by atoms with Crippen LogP contribution in [0.4, 0.5) is 0 Å². The van der Waals surface area contributed by atoms with E-state index in [2.05, 4.69) is 36.3 Å². The Kier molecular flexibility index (Phi) is 7.27. The molecule has 1 aliphatic heterocycles. The molecule has 7 nitrogen and oxygen atoms in total. The molecule has 0 saturated heterocycles. The molecule has 0 unspecified atom stereocenters. The van der Waals surface area contributed by atoms with E-state index in [9.17, 15) is 14.4 Å². The summed E-state index contributed by atoms with van der Waals surface area (Å²) < 4.78 is 5.40. The lowest BCUT2D eigenvalue weighted by Crippen LogP contribution is -2.29. The van der Waals surface area contributed by atoms with Gasteiger partial charge in [0.25, 0.3) is 17.7 Å². The molecule has 0 aliphatic carbocycles. The molecule has 0 saturated carbocycles. The van der Waals surface area contributed by atoms with Crippen molar-refractivity contribution >= 4 is 17.7 Å². The summed E-state index contributed by atoms with van der Waals surface area (Å²) in [5, 5.41) is 2.96. The minimum absolute atomic E-state index is 0.0730. The summed E-state index contributed by atoms with van der Waals surface area (Å²) in [4.78, 5) is 41.9. The normalized spacial score (nSPS) is 12.7. The van der Waals surface area contributed by atoms with Crippen molar-refractivity contribution in [1.82, 2.24) is 15.1 Å². The van der Waals surface area contributed by atoms with Gasteiger partial charge in [-0.3, -0.25) is 19.3 Å². The lowest BCUT2D eigenvalue weighted by atomic mass is 10.1. The van der Waals surface area contributed by atoms with Crippen LogP contribution in [0.5, 0.6) is 5.75 Å². The van der Waals surface area contributed by atoms with Crippen LogP contribution in [0.2, 0.25) is 0 Å². The molecule has 0 aromatic heterocycles. The Bertz CT molecular complexity index is 1240. The number of benzene rings is 3. The predicted octanol–water partition coefficient (Wildman–Crippen LogP) is 3.87. The minimum atomic E-state index is -0.332. The summed E-state index contributed by atoms with van der Waals surface area (Å²) in [5.74, 6) is -0.531. The number of carbonyl (C=O) groups excluding carboxylic acids is 3. The van der Waals surface area contributed by atoms with Gasteiger partial charge in [0.1, 0.15) is 5.75 Å². The van der Waals surface area contributed by atoms with E-state index in [1.165, 1.54) is 17.6 Å². The lowest BCUT2D eigenvalue weighted by Gasteiger charge is -2.16. The zero-order valence-electron chi connectivity index (χ0n) is 20.2. The Balaban J connectivity index is 1.47. The highest BCUT2D eigenvalue weighted by molar-refractivity contribution is 6.21. The van der Waals surface area contributed by atoms with Crippen LogP contribution in [0.25, 0.3) is 0 Å². The number of methoxy groups -OCH3 is 1. The van der Waals surface area contributed by atoms with E-state index < -0.39 is 0 Å². The molecule has 35 heavy (non-hydrogen) atoms. The summed E-state index contributed by atoms with van der Waals surface area (Å²) in [6.07, 6.45) is 0. The van der Waals surface area contributed by atoms with Crippen molar-refractivity contribution in [1.29, 1.82) is 0 Å². The molecule has 0 bridgehead atoms. The summed E-state index contributed by atoms with van der Waals surface area (Å²) in [5.41, 5.74) is 3.99. The topological polar surface area (TPSA) is 79.0 Å². The van der Waals surface area contributed by atoms with Crippen LogP contribution >= 0.6 is 0 Å². The average Bonchev–Trinajstić information content (AvgIpc) is 3.12. The molecular weight excluding hydrogens is 442 g/mol. The lowest BCUT2D eigenvalue weighted by molar-refractivity contribution is 0.0642. The molecule has 4 rings (SSSR count). The quantitative estimate of drug-likeness (QED) is 0.480. The zero-order chi connectivity index (χ0) is 24.9. The highest BCUT2D eigenvalue weighted by atomic mass is 16.5. The Morgan fingerprint density at radius 3 is 2.26 bits per heavy atom. The molecule has 0 atom stereocenters. The first-order valence-corrected chi connectivity index (χ1v) is 11.6.